The van der Waals surface area contributed by atoms with Crippen LogP contribution < -0.4 is 5.32 Å². The highest BCUT2D eigenvalue weighted by Gasteiger charge is 2.14. The van der Waals surface area contributed by atoms with Crippen LogP contribution in [0.4, 0.5) is 5.82 Å². The number of hydrogen-bond acceptors (Lipinski definition) is 4. The second-order valence-corrected chi connectivity index (χ2v) is 7.42. The first kappa shape index (κ1) is 17.7. The van der Waals surface area contributed by atoms with Crippen molar-refractivity contribution in [2.75, 3.05) is 45.1 Å². The van der Waals surface area contributed by atoms with Gasteiger partial charge in [0.2, 0.25) is 0 Å². The van der Waals surface area contributed by atoms with E-state index < -0.39 is 0 Å². The lowest BCUT2D eigenvalue weighted by molar-refractivity contribution is 0.151. The van der Waals surface area contributed by atoms with Gasteiger partial charge in [0.15, 0.2) is 0 Å². The van der Waals surface area contributed by atoms with Crippen LogP contribution in [0.3, 0.4) is 0 Å². The number of anilines is 1. The van der Waals surface area contributed by atoms with E-state index in [0.29, 0.717) is 16.1 Å². The van der Waals surface area contributed by atoms with Gasteiger partial charge in [-0.3, -0.25) is 0 Å². The van der Waals surface area contributed by atoms with Crippen LogP contribution in [0.25, 0.3) is 10.9 Å². The topological polar surface area (TPSA) is 31.4 Å². The average Bonchev–Trinajstić information content (AvgIpc) is 2.58. The van der Waals surface area contributed by atoms with Gasteiger partial charge < -0.3 is 15.1 Å². The van der Waals surface area contributed by atoms with Crippen molar-refractivity contribution < 1.29 is 0 Å². The number of nitrogens with one attached hydrogen (secondary N) is 1. The van der Waals surface area contributed by atoms with Gasteiger partial charge in [-0.2, -0.15) is 0 Å². The third-order valence-corrected chi connectivity index (χ3v) is 5.26. The number of nitrogens with zero attached hydrogens (tertiary/aromatic N) is 3. The van der Waals surface area contributed by atoms with E-state index in [1.54, 1.807) is 12.1 Å². The Kier molecular flexibility index (Phi) is 5.82. The van der Waals surface area contributed by atoms with Crippen LogP contribution in [0.15, 0.2) is 24.3 Å². The van der Waals surface area contributed by atoms with Crippen molar-refractivity contribution in [1.29, 1.82) is 0 Å². The zero-order valence-corrected chi connectivity index (χ0v) is 15.7. The number of hydrogen-bond donors (Lipinski definition) is 1. The van der Waals surface area contributed by atoms with Crippen molar-refractivity contribution in [3.63, 3.8) is 0 Å². The van der Waals surface area contributed by atoms with Crippen molar-refractivity contribution in [2.24, 2.45) is 0 Å². The molecule has 130 valence electrons. The van der Waals surface area contributed by atoms with Crippen LogP contribution >= 0.6 is 23.2 Å². The molecule has 1 aliphatic rings. The number of aromatic nitrogens is 1. The molecule has 0 saturated carbocycles. The molecule has 1 aromatic carbocycles. The Balaban J connectivity index is 1.59. The van der Waals surface area contributed by atoms with Gasteiger partial charge >= 0.3 is 0 Å². The van der Waals surface area contributed by atoms with Crippen molar-refractivity contribution in [1.82, 2.24) is 14.8 Å². The number of pyridine rings is 1. The third-order valence-electron chi connectivity index (χ3n) is 4.62. The van der Waals surface area contributed by atoms with Crippen LogP contribution in [0.2, 0.25) is 10.0 Å². The van der Waals surface area contributed by atoms with Crippen LogP contribution in [-0.2, 0) is 0 Å². The Hall–Kier alpha value is -1.07. The summed E-state index contributed by atoms with van der Waals surface area (Å²) in [5.41, 5.74) is 0.750. The molecule has 1 fully saturated rings. The number of fused-ring (bicyclic) bond motifs is 1. The molecule has 6 heteroatoms. The number of piperazine rings is 1. The zero-order valence-electron chi connectivity index (χ0n) is 14.2. The first-order valence-electron chi connectivity index (χ1n) is 8.45. The van der Waals surface area contributed by atoms with Gasteiger partial charge in [0.25, 0.3) is 0 Å². The summed E-state index contributed by atoms with van der Waals surface area (Å²) in [6.07, 6.45) is 1.09. The Morgan fingerprint density at radius 1 is 1.08 bits per heavy atom. The number of benzene rings is 1. The van der Waals surface area contributed by atoms with E-state index in [1.807, 2.05) is 12.1 Å². The molecule has 1 unspecified atom stereocenters. The second-order valence-electron chi connectivity index (χ2n) is 6.60. The fourth-order valence-electron chi connectivity index (χ4n) is 3.00. The van der Waals surface area contributed by atoms with Gasteiger partial charge in [-0.25, -0.2) is 4.98 Å². The van der Waals surface area contributed by atoms with Crippen LogP contribution in [0.5, 0.6) is 0 Å². The fourth-order valence-corrected chi connectivity index (χ4v) is 3.42. The fraction of sp³-hybridized carbons (Fsp3) is 0.500. The van der Waals surface area contributed by atoms with E-state index in [1.165, 1.54) is 0 Å². The first-order valence-corrected chi connectivity index (χ1v) is 9.21. The normalized spacial score (nSPS) is 18.0. The molecule has 4 nitrogen and oxygen atoms in total. The standard InChI is InChI=1S/C18H24Cl2N4/c1-13(7-8-24-11-9-23(2)10-12-24)21-17-6-3-14-15(19)4-5-16(20)18(14)22-17/h3-6,13H,7-12H2,1-2H3,(H,21,22). The molecule has 24 heavy (non-hydrogen) atoms. The monoisotopic (exact) mass is 366 g/mol. The van der Waals surface area contributed by atoms with Gasteiger partial charge in [-0.1, -0.05) is 23.2 Å². The van der Waals surface area contributed by atoms with Gasteiger partial charge in [-0.15, -0.1) is 0 Å². The molecule has 1 aliphatic heterocycles. The highest BCUT2D eigenvalue weighted by Crippen LogP contribution is 2.29. The van der Waals surface area contributed by atoms with E-state index in [4.69, 9.17) is 23.2 Å². The molecule has 0 bridgehead atoms. The molecule has 2 heterocycles. The zero-order chi connectivity index (χ0) is 17.1. The molecule has 1 N–H and O–H groups in total. The van der Waals surface area contributed by atoms with E-state index in [2.05, 4.69) is 34.1 Å². The molecule has 0 aliphatic carbocycles. The molecule has 3 rings (SSSR count). The Morgan fingerprint density at radius 3 is 2.54 bits per heavy atom. The van der Waals surface area contributed by atoms with Crippen LogP contribution in [0.1, 0.15) is 13.3 Å². The average molecular weight is 367 g/mol. The molecule has 1 saturated heterocycles. The lowest BCUT2D eigenvalue weighted by atomic mass is 10.2. The molecule has 2 aromatic rings. The summed E-state index contributed by atoms with van der Waals surface area (Å²) in [6, 6.07) is 7.90. The molecule has 0 radical (unpaired) electrons. The SMILES string of the molecule is CC(CCN1CCN(C)CC1)Nc1ccc2c(Cl)ccc(Cl)c2n1. The maximum absolute atomic E-state index is 6.25. The highest BCUT2D eigenvalue weighted by atomic mass is 35.5. The van der Waals surface area contributed by atoms with Crippen LogP contribution in [0, 0.1) is 0 Å². The van der Waals surface area contributed by atoms with Crippen molar-refractivity contribution in [3.8, 4) is 0 Å². The summed E-state index contributed by atoms with van der Waals surface area (Å²) in [7, 11) is 2.18. The molecule has 0 spiro atoms. The maximum Gasteiger partial charge on any atom is 0.126 e. The van der Waals surface area contributed by atoms with Gasteiger partial charge in [0.05, 0.1) is 15.6 Å². The molecule has 1 atom stereocenters. The summed E-state index contributed by atoms with van der Waals surface area (Å²) < 4.78 is 0. The second kappa shape index (κ2) is 7.87. The summed E-state index contributed by atoms with van der Waals surface area (Å²) in [6.45, 7) is 7.95. The molecular weight excluding hydrogens is 343 g/mol. The van der Waals surface area contributed by atoms with Crippen molar-refractivity contribution in [2.45, 2.75) is 19.4 Å². The summed E-state index contributed by atoms with van der Waals surface area (Å²) in [5, 5.41) is 5.67. The van der Waals surface area contributed by atoms with E-state index in [9.17, 15) is 0 Å². The summed E-state index contributed by atoms with van der Waals surface area (Å²) >= 11 is 12.5. The number of halogens is 2. The Morgan fingerprint density at radius 2 is 1.79 bits per heavy atom. The molecule has 1 aromatic heterocycles. The minimum Gasteiger partial charge on any atom is -0.368 e. The third kappa shape index (κ3) is 4.31. The van der Waals surface area contributed by atoms with E-state index in [0.717, 1.165) is 55.9 Å². The number of rotatable bonds is 5. The minimum atomic E-state index is 0.354. The predicted molar refractivity (Wildman–Crippen MR) is 103 cm³/mol. The summed E-state index contributed by atoms with van der Waals surface area (Å²) in [4.78, 5) is 9.54. The smallest absolute Gasteiger partial charge is 0.126 e. The van der Waals surface area contributed by atoms with Gasteiger partial charge in [0, 0.05) is 44.2 Å². The van der Waals surface area contributed by atoms with Gasteiger partial charge in [0.1, 0.15) is 5.82 Å². The lowest BCUT2D eigenvalue weighted by Gasteiger charge is -2.33. The van der Waals surface area contributed by atoms with Crippen LogP contribution in [-0.4, -0.2) is 60.6 Å². The predicted octanol–water partition coefficient (Wildman–Crippen LogP) is 3.98. The minimum absolute atomic E-state index is 0.354. The highest BCUT2D eigenvalue weighted by molar-refractivity contribution is 6.39. The molecular formula is C18H24Cl2N4. The Labute approximate surface area is 153 Å². The maximum atomic E-state index is 6.25. The first-order chi connectivity index (χ1) is 11.5. The van der Waals surface area contributed by atoms with Crippen molar-refractivity contribution >= 4 is 39.9 Å². The van der Waals surface area contributed by atoms with E-state index >= 15 is 0 Å². The van der Waals surface area contributed by atoms with E-state index in [-0.39, 0.29) is 0 Å². The Bertz CT molecular complexity index is 699. The van der Waals surface area contributed by atoms with Crippen molar-refractivity contribution in [3.05, 3.63) is 34.3 Å². The number of likely N-dealkylation sites (N-methyl/N-ethyl adjacent to an activating group) is 1. The largest absolute Gasteiger partial charge is 0.368 e. The quantitative estimate of drug-likeness (QED) is 0.866. The van der Waals surface area contributed by atoms with Gasteiger partial charge in [-0.05, 0) is 44.7 Å². The summed E-state index contributed by atoms with van der Waals surface area (Å²) in [5.74, 6) is 0.845. The lowest BCUT2D eigenvalue weighted by Crippen LogP contribution is -2.45. The molecule has 0 amide bonds.